The lowest BCUT2D eigenvalue weighted by Gasteiger charge is -2.08. The molecule has 0 spiro atoms. The van der Waals surface area contributed by atoms with Gasteiger partial charge < -0.3 is 15.8 Å². The number of hydrogen-bond acceptors (Lipinski definition) is 4. The monoisotopic (exact) mass is 243 g/mol. The Balaban J connectivity index is 1.99. The van der Waals surface area contributed by atoms with Crippen LogP contribution in [0, 0.1) is 0 Å². The smallest absolute Gasteiger partial charge is 0.123 e. The molecular weight excluding hydrogens is 226 g/mol. The van der Waals surface area contributed by atoms with E-state index in [1.165, 1.54) is 0 Å². The molecule has 0 atom stereocenters. The van der Waals surface area contributed by atoms with Gasteiger partial charge in [-0.15, -0.1) is 0 Å². The molecule has 1 heterocycles. The fourth-order valence-corrected chi connectivity index (χ4v) is 1.50. The summed E-state index contributed by atoms with van der Waals surface area (Å²) >= 11 is 0. The topological polar surface area (TPSA) is 60.2 Å². The highest BCUT2D eigenvalue weighted by atomic mass is 16.5. The van der Waals surface area contributed by atoms with Gasteiger partial charge in [-0.2, -0.15) is 0 Å². The molecule has 4 nitrogen and oxygen atoms in total. The normalized spacial score (nSPS) is 10.1. The Morgan fingerprint density at radius 1 is 1.11 bits per heavy atom. The van der Waals surface area contributed by atoms with Crippen LogP contribution in [0.15, 0.2) is 42.6 Å². The van der Waals surface area contributed by atoms with E-state index < -0.39 is 0 Å². The van der Waals surface area contributed by atoms with Crippen LogP contribution >= 0.6 is 0 Å². The Labute approximate surface area is 107 Å². The molecule has 2 rings (SSSR count). The molecule has 2 aromatic rings. The van der Waals surface area contributed by atoms with Gasteiger partial charge >= 0.3 is 0 Å². The number of pyridine rings is 1. The first kappa shape index (κ1) is 12.2. The summed E-state index contributed by atoms with van der Waals surface area (Å²) in [5.74, 6) is 1.40. The zero-order valence-corrected chi connectivity index (χ0v) is 10.4. The van der Waals surface area contributed by atoms with E-state index in [2.05, 4.69) is 17.2 Å². The van der Waals surface area contributed by atoms with E-state index >= 15 is 0 Å². The first-order chi connectivity index (χ1) is 8.78. The van der Waals surface area contributed by atoms with Gasteiger partial charge in [0.2, 0.25) is 0 Å². The molecule has 18 heavy (non-hydrogen) atoms. The minimum absolute atomic E-state index is 0.517. The van der Waals surface area contributed by atoms with Crippen LogP contribution in [-0.4, -0.2) is 11.6 Å². The van der Waals surface area contributed by atoms with Crippen molar-refractivity contribution in [3.63, 3.8) is 0 Å². The summed E-state index contributed by atoms with van der Waals surface area (Å²) in [6, 6.07) is 11.5. The largest absolute Gasteiger partial charge is 0.494 e. The molecule has 0 fully saturated rings. The molecule has 94 valence electrons. The Morgan fingerprint density at radius 3 is 2.44 bits per heavy atom. The second-order valence-corrected chi connectivity index (χ2v) is 3.97. The molecular formula is C14H17N3O. The maximum Gasteiger partial charge on any atom is 0.123 e. The third-order valence-electron chi connectivity index (χ3n) is 2.40. The Morgan fingerprint density at radius 2 is 1.83 bits per heavy atom. The third kappa shape index (κ3) is 3.38. The number of benzene rings is 1. The second-order valence-electron chi connectivity index (χ2n) is 3.97. The number of ether oxygens (including phenoxy) is 1. The highest BCUT2D eigenvalue weighted by Crippen LogP contribution is 2.20. The number of anilines is 3. The van der Waals surface area contributed by atoms with Crippen molar-refractivity contribution < 1.29 is 4.74 Å². The van der Waals surface area contributed by atoms with E-state index in [9.17, 15) is 0 Å². The Hall–Kier alpha value is -2.23. The average molecular weight is 243 g/mol. The summed E-state index contributed by atoms with van der Waals surface area (Å²) in [7, 11) is 0. The Kier molecular flexibility index (Phi) is 4.02. The highest BCUT2D eigenvalue weighted by Gasteiger charge is 1.97. The zero-order valence-electron chi connectivity index (χ0n) is 10.4. The third-order valence-corrected chi connectivity index (χ3v) is 2.40. The average Bonchev–Trinajstić information content (AvgIpc) is 2.41. The van der Waals surface area contributed by atoms with E-state index in [4.69, 9.17) is 10.5 Å². The first-order valence-electron chi connectivity index (χ1n) is 5.99. The van der Waals surface area contributed by atoms with Gasteiger partial charge in [0.1, 0.15) is 11.6 Å². The number of rotatable bonds is 5. The molecule has 0 radical (unpaired) electrons. The van der Waals surface area contributed by atoms with Crippen molar-refractivity contribution in [3.05, 3.63) is 42.6 Å². The van der Waals surface area contributed by atoms with Gasteiger partial charge in [0.15, 0.2) is 0 Å². The van der Waals surface area contributed by atoms with E-state index in [1.807, 2.05) is 30.3 Å². The van der Waals surface area contributed by atoms with Gasteiger partial charge in [-0.1, -0.05) is 6.92 Å². The highest BCUT2D eigenvalue weighted by molar-refractivity contribution is 5.60. The fraction of sp³-hybridized carbons (Fsp3) is 0.214. The standard InChI is InChI=1S/C14H17N3O/c1-2-9-18-13-6-3-11(4-7-13)17-12-5-8-14(15)16-10-12/h3-8,10,17H,2,9H2,1H3,(H2,15,16). The van der Waals surface area contributed by atoms with Gasteiger partial charge in [0.25, 0.3) is 0 Å². The predicted molar refractivity (Wildman–Crippen MR) is 74.2 cm³/mol. The van der Waals surface area contributed by atoms with Crippen molar-refractivity contribution in [1.82, 2.24) is 4.98 Å². The number of nitrogens with one attached hydrogen (secondary N) is 1. The molecule has 1 aromatic heterocycles. The lowest BCUT2D eigenvalue weighted by Crippen LogP contribution is -1.96. The molecule has 0 unspecified atom stereocenters. The number of nitrogen functional groups attached to an aromatic ring is 1. The number of nitrogens with two attached hydrogens (primary N) is 1. The fourth-order valence-electron chi connectivity index (χ4n) is 1.50. The number of nitrogens with zero attached hydrogens (tertiary/aromatic N) is 1. The number of aromatic nitrogens is 1. The summed E-state index contributed by atoms with van der Waals surface area (Å²) < 4.78 is 5.52. The Bertz CT molecular complexity index is 479. The van der Waals surface area contributed by atoms with Crippen molar-refractivity contribution in [2.75, 3.05) is 17.7 Å². The van der Waals surface area contributed by atoms with E-state index in [0.717, 1.165) is 30.2 Å². The summed E-state index contributed by atoms with van der Waals surface area (Å²) in [5, 5.41) is 3.24. The van der Waals surface area contributed by atoms with Crippen molar-refractivity contribution in [1.29, 1.82) is 0 Å². The van der Waals surface area contributed by atoms with Crippen molar-refractivity contribution in [2.45, 2.75) is 13.3 Å². The van der Waals surface area contributed by atoms with Crippen LogP contribution in [0.4, 0.5) is 17.2 Å². The predicted octanol–water partition coefficient (Wildman–Crippen LogP) is 3.20. The summed E-state index contributed by atoms with van der Waals surface area (Å²) in [4.78, 5) is 4.02. The van der Waals surface area contributed by atoms with E-state index in [0.29, 0.717) is 5.82 Å². The minimum atomic E-state index is 0.517. The summed E-state index contributed by atoms with van der Waals surface area (Å²) in [6.45, 7) is 2.83. The maximum absolute atomic E-state index is 5.53. The molecule has 0 amide bonds. The minimum Gasteiger partial charge on any atom is -0.494 e. The first-order valence-corrected chi connectivity index (χ1v) is 5.99. The van der Waals surface area contributed by atoms with Gasteiger partial charge in [0, 0.05) is 5.69 Å². The van der Waals surface area contributed by atoms with Crippen LogP contribution < -0.4 is 15.8 Å². The molecule has 0 bridgehead atoms. The zero-order chi connectivity index (χ0) is 12.8. The van der Waals surface area contributed by atoms with Crippen LogP contribution in [0.1, 0.15) is 13.3 Å². The SMILES string of the molecule is CCCOc1ccc(Nc2ccc(N)nc2)cc1. The summed E-state index contributed by atoms with van der Waals surface area (Å²) in [6.07, 6.45) is 2.72. The van der Waals surface area contributed by atoms with Crippen LogP contribution in [0.25, 0.3) is 0 Å². The van der Waals surface area contributed by atoms with Gasteiger partial charge in [0.05, 0.1) is 18.5 Å². The molecule has 1 aromatic carbocycles. The molecule has 0 saturated heterocycles. The van der Waals surface area contributed by atoms with E-state index in [1.54, 1.807) is 12.3 Å². The van der Waals surface area contributed by atoms with Crippen LogP contribution in [0.2, 0.25) is 0 Å². The molecule has 0 aliphatic heterocycles. The van der Waals surface area contributed by atoms with Gasteiger partial charge in [-0.05, 0) is 42.8 Å². The molecule has 0 aliphatic rings. The van der Waals surface area contributed by atoms with Crippen molar-refractivity contribution in [2.24, 2.45) is 0 Å². The van der Waals surface area contributed by atoms with Crippen LogP contribution in [0.5, 0.6) is 5.75 Å². The van der Waals surface area contributed by atoms with E-state index in [-0.39, 0.29) is 0 Å². The molecule has 3 N–H and O–H groups in total. The van der Waals surface area contributed by atoms with Gasteiger partial charge in [-0.25, -0.2) is 4.98 Å². The van der Waals surface area contributed by atoms with Crippen LogP contribution in [0.3, 0.4) is 0 Å². The molecule has 0 saturated carbocycles. The quantitative estimate of drug-likeness (QED) is 0.846. The lowest BCUT2D eigenvalue weighted by atomic mass is 10.3. The summed E-state index contributed by atoms with van der Waals surface area (Å²) in [5.41, 5.74) is 7.43. The van der Waals surface area contributed by atoms with Crippen molar-refractivity contribution in [3.8, 4) is 5.75 Å². The molecule has 0 aliphatic carbocycles. The lowest BCUT2D eigenvalue weighted by molar-refractivity contribution is 0.317. The number of hydrogen-bond donors (Lipinski definition) is 2. The maximum atomic E-state index is 5.53. The van der Waals surface area contributed by atoms with Gasteiger partial charge in [-0.3, -0.25) is 0 Å². The van der Waals surface area contributed by atoms with Crippen molar-refractivity contribution >= 4 is 17.2 Å². The van der Waals surface area contributed by atoms with Crippen LogP contribution in [-0.2, 0) is 0 Å². The second kappa shape index (κ2) is 5.91. The molecule has 4 heteroatoms.